The van der Waals surface area contributed by atoms with Gasteiger partial charge in [0, 0.05) is 21.3 Å². The first-order valence-electron chi connectivity index (χ1n) is 6.66. The van der Waals surface area contributed by atoms with Gasteiger partial charge in [0.05, 0.1) is 13.7 Å². The van der Waals surface area contributed by atoms with Crippen molar-refractivity contribution in [3.05, 3.63) is 44.3 Å². The van der Waals surface area contributed by atoms with Gasteiger partial charge in [-0.2, -0.15) is 5.26 Å². The second-order valence-electron chi connectivity index (χ2n) is 4.60. The van der Waals surface area contributed by atoms with Gasteiger partial charge in [0.15, 0.2) is 11.5 Å². The van der Waals surface area contributed by atoms with E-state index in [2.05, 4.69) is 20.9 Å². The SMILES string of the molecule is CCOc1cc(Br)c(-c2cc(C)[nH]c(=O)c2C#N)cc1OC. The van der Waals surface area contributed by atoms with Gasteiger partial charge in [-0.25, -0.2) is 0 Å². The summed E-state index contributed by atoms with van der Waals surface area (Å²) in [5.41, 5.74) is 1.59. The third-order valence-corrected chi connectivity index (χ3v) is 3.78. The molecule has 0 saturated carbocycles. The number of hydrogen-bond donors (Lipinski definition) is 1. The number of rotatable bonds is 4. The van der Waals surface area contributed by atoms with Crippen LogP contribution in [0.1, 0.15) is 18.2 Å². The van der Waals surface area contributed by atoms with Gasteiger partial charge >= 0.3 is 0 Å². The zero-order chi connectivity index (χ0) is 16.3. The first-order chi connectivity index (χ1) is 10.5. The summed E-state index contributed by atoms with van der Waals surface area (Å²) >= 11 is 3.47. The highest BCUT2D eigenvalue weighted by Gasteiger charge is 2.16. The second kappa shape index (κ2) is 6.67. The largest absolute Gasteiger partial charge is 0.493 e. The molecule has 0 aliphatic heterocycles. The quantitative estimate of drug-likeness (QED) is 0.904. The molecule has 0 unspecified atom stereocenters. The Morgan fingerprint density at radius 2 is 2.00 bits per heavy atom. The molecule has 0 saturated heterocycles. The zero-order valence-electron chi connectivity index (χ0n) is 12.5. The third-order valence-electron chi connectivity index (χ3n) is 3.12. The van der Waals surface area contributed by atoms with Crippen LogP contribution < -0.4 is 15.0 Å². The Morgan fingerprint density at radius 3 is 2.59 bits per heavy atom. The highest BCUT2D eigenvalue weighted by molar-refractivity contribution is 9.10. The van der Waals surface area contributed by atoms with Crippen molar-refractivity contribution < 1.29 is 9.47 Å². The van der Waals surface area contributed by atoms with E-state index < -0.39 is 5.56 Å². The van der Waals surface area contributed by atoms with Crippen molar-refractivity contribution in [2.75, 3.05) is 13.7 Å². The van der Waals surface area contributed by atoms with E-state index in [4.69, 9.17) is 9.47 Å². The number of nitrogens with zero attached hydrogens (tertiary/aromatic N) is 1. The Labute approximate surface area is 136 Å². The summed E-state index contributed by atoms with van der Waals surface area (Å²) in [6.45, 7) is 4.16. The van der Waals surface area contributed by atoms with E-state index in [0.717, 1.165) is 4.47 Å². The van der Waals surface area contributed by atoms with E-state index in [1.165, 1.54) is 0 Å². The van der Waals surface area contributed by atoms with E-state index >= 15 is 0 Å². The van der Waals surface area contributed by atoms with Crippen molar-refractivity contribution >= 4 is 15.9 Å². The fourth-order valence-electron chi connectivity index (χ4n) is 2.18. The van der Waals surface area contributed by atoms with Gasteiger partial charge in [0.25, 0.3) is 5.56 Å². The van der Waals surface area contributed by atoms with Gasteiger partial charge in [0.1, 0.15) is 11.6 Å². The molecule has 0 amide bonds. The maximum absolute atomic E-state index is 12.0. The van der Waals surface area contributed by atoms with Crippen LogP contribution in [0, 0.1) is 18.3 Å². The van der Waals surface area contributed by atoms with Crippen molar-refractivity contribution in [3.63, 3.8) is 0 Å². The lowest BCUT2D eigenvalue weighted by atomic mass is 10.0. The molecule has 0 fully saturated rings. The smallest absolute Gasteiger partial charge is 0.266 e. The Bertz CT molecular complexity index is 806. The fourth-order valence-corrected chi connectivity index (χ4v) is 2.72. The maximum Gasteiger partial charge on any atom is 0.266 e. The number of aryl methyl sites for hydroxylation is 1. The summed E-state index contributed by atoms with van der Waals surface area (Å²) in [4.78, 5) is 14.6. The van der Waals surface area contributed by atoms with Crippen LogP contribution in [0.2, 0.25) is 0 Å². The number of aromatic nitrogens is 1. The van der Waals surface area contributed by atoms with Gasteiger partial charge in [-0.1, -0.05) is 15.9 Å². The second-order valence-corrected chi connectivity index (χ2v) is 5.45. The molecule has 2 rings (SSSR count). The number of benzene rings is 1. The summed E-state index contributed by atoms with van der Waals surface area (Å²) in [7, 11) is 1.55. The number of nitrogens with one attached hydrogen (secondary N) is 1. The molecule has 2 aromatic rings. The Balaban J connectivity index is 2.74. The van der Waals surface area contributed by atoms with E-state index in [1.54, 1.807) is 32.2 Å². The monoisotopic (exact) mass is 362 g/mol. The fraction of sp³-hybridized carbons (Fsp3) is 0.250. The lowest BCUT2D eigenvalue weighted by Gasteiger charge is -2.14. The number of hydrogen-bond acceptors (Lipinski definition) is 4. The van der Waals surface area contributed by atoms with Gasteiger partial charge in [-0.3, -0.25) is 4.79 Å². The van der Waals surface area contributed by atoms with Crippen molar-refractivity contribution in [3.8, 4) is 28.7 Å². The van der Waals surface area contributed by atoms with Crippen LogP contribution in [0.25, 0.3) is 11.1 Å². The van der Waals surface area contributed by atoms with Crippen molar-refractivity contribution in [2.45, 2.75) is 13.8 Å². The Hall–Kier alpha value is -2.26. The van der Waals surface area contributed by atoms with Crippen LogP contribution in [0.15, 0.2) is 27.5 Å². The molecule has 1 aromatic heterocycles. The molecule has 1 aromatic carbocycles. The van der Waals surface area contributed by atoms with Crippen LogP contribution in [-0.2, 0) is 0 Å². The molecule has 0 radical (unpaired) electrons. The zero-order valence-corrected chi connectivity index (χ0v) is 14.1. The summed E-state index contributed by atoms with van der Waals surface area (Å²) in [6.07, 6.45) is 0. The lowest BCUT2D eigenvalue weighted by molar-refractivity contribution is 0.311. The highest BCUT2D eigenvalue weighted by atomic mass is 79.9. The molecule has 0 atom stereocenters. The predicted molar refractivity (Wildman–Crippen MR) is 87.4 cm³/mol. The Morgan fingerprint density at radius 1 is 1.27 bits per heavy atom. The molecule has 22 heavy (non-hydrogen) atoms. The molecular formula is C16H15BrN2O3. The number of methoxy groups -OCH3 is 1. The van der Waals surface area contributed by atoms with Crippen LogP contribution in [0.4, 0.5) is 0 Å². The topological polar surface area (TPSA) is 75.1 Å². The van der Waals surface area contributed by atoms with Gasteiger partial charge < -0.3 is 14.5 Å². The molecule has 0 aliphatic carbocycles. The average Bonchev–Trinajstić information content (AvgIpc) is 2.47. The van der Waals surface area contributed by atoms with Gasteiger partial charge in [0.2, 0.25) is 0 Å². The molecule has 1 N–H and O–H groups in total. The van der Waals surface area contributed by atoms with Gasteiger partial charge in [-0.15, -0.1) is 0 Å². The molecule has 114 valence electrons. The number of pyridine rings is 1. The summed E-state index contributed by atoms with van der Waals surface area (Å²) < 4.78 is 11.6. The molecule has 0 spiro atoms. The molecule has 5 nitrogen and oxygen atoms in total. The number of aromatic amines is 1. The minimum Gasteiger partial charge on any atom is -0.493 e. The molecule has 0 aliphatic rings. The van der Waals surface area contributed by atoms with Crippen LogP contribution in [-0.4, -0.2) is 18.7 Å². The van der Waals surface area contributed by atoms with Crippen LogP contribution in [0.5, 0.6) is 11.5 Å². The first-order valence-corrected chi connectivity index (χ1v) is 7.45. The minimum absolute atomic E-state index is 0.0671. The lowest BCUT2D eigenvalue weighted by Crippen LogP contribution is -2.13. The molecule has 6 heteroatoms. The third kappa shape index (κ3) is 3.00. The minimum atomic E-state index is -0.405. The summed E-state index contributed by atoms with van der Waals surface area (Å²) in [5.74, 6) is 1.14. The molecule has 1 heterocycles. The first kappa shape index (κ1) is 16.1. The maximum atomic E-state index is 12.0. The normalized spacial score (nSPS) is 10.1. The highest BCUT2D eigenvalue weighted by Crippen LogP contribution is 2.39. The number of halogens is 1. The van der Waals surface area contributed by atoms with Crippen LogP contribution in [0.3, 0.4) is 0 Å². The molecule has 0 bridgehead atoms. The predicted octanol–water partition coefficient (Wildman–Crippen LogP) is 3.39. The number of ether oxygens (including phenoxy) is 2. The number of nitriles is 1. The molecular weight excluding hydrogens is 348 g/mol. The van der Waals surface area contributed by atoms with E-state index in [9.17, 15) is 10.1 Å². The van der Waals surface area contributed by atoms with Gasteiger partial charge in [-0.05, 0) is 32.0 Å². The van der Waals surface area contributed by atoms with Crippen LogP contribution >= 0.6 is 15.9 Å². The average molecular weight is 363 g/mol. The van der Waals surface area contributed by atoms with Crippen molar-refractivity contribution in [1.29, 1.82) is 5.26 Å². The summed E-state index contributed by atoms with van der Waals surface area (Å²) in [5, 5.41) is 9.27. The van der Waals surface area contributed by atoms with E-state index in [-0.39, 0.29) is 5.56 Å². The summed E-state index contributed by atoms with van der Waals surface area (Å²) in [6, 6.07) is 7.25. The van der Waals surface area contributed by atoms with Crippen molar-refractivity contribution in [1.82, 2.24) is 4.98 Å². The van der Waals surface area contributed by atoms with Crippen molar-refractivity contribution in [2.24, 2.45) is 0 Å². The Kier molecular flexibility index (Phi) is 4.88. The van der Waals surface area contributed by atoms with E-state index in [1.807, 2.05) is 13.0 Å². The van der Waals surface area contributed by atoms with E-state index in [0.29, 0.717) is 34.9 Å². The number of H-pyrrole nitrogens is 1. The standard InChI is InChI=1S/C16H15BrN2O3/c1-4-22-15-7-13(17)11(6-14(15)21-3)10-5-9(2)19-16(20)12(10)8-18/h5-7H,4H2,1-3H3,(H,19,20).